The second kappa shape index (κ2) is 8.56. The van der Waals surface area contributed by atoms with Gasteiger partial charge in [0.1, 0.15) is 6.04 Å². The highest BCUT2D eigenvalue weighted by Crippen LogP contribution is 2.19. The number of rotatable bonds is 7. The first-order chi connectivity index (χ1) is 12.8. The average Bonchev–Trinajstić information content (AvgIpc) is 2.66. The molecule has 0 aliphatic rings. The van der Waals surface area contributed by atoms with Crippen LogP contribution in [-0.4, -0.2) is 41.0 Å². The number of para-hydroxylation sites is 1. The van der Waals surface area contributed by atoms with Crippen LogP contribution in [0.2, 0.25) is 0 Å². The fraction of sp³-hybridized carbons (Fsp3) is 0.167. The Morgan fingerprint density at radius 2 is 1.81 bits per heavy atom. The Morgan fingerprint density at radius 1 is 1.15 bits per heavy atom. The summed E-state index contributed by atoms with van der Waals surface area (Å²) in [6.45, 7) is 0. The minimum Gasteiger partial charge on any atom is -0.480 e. The molecule has 140 valence electrons. The van der Waals surface area contributed by atoms with E-state index in [0.717, 1.165) is 0 Å². The number of hydrogen-bond donors (Lipinski definition) is 2. The second-order valence-electron chi connectivity index (χ2n) is 5.53. The number of carboxylic acids is 1. The maximum atomic E-state index is 12.4. The highest BCUT2D eigenvalue weighted by Gasteiger charge is 2.25. The van der Waals surface area contributed by atoms with Crippen LogP contribution < -0.4 is 5.32 Å². The molecule has 0 unspecified atom stereocenters. The van der Waals surface area contributed by atoms with Crippen molar-refractivity contribution in [2.75, 3.05) is 7.11 Å². The Labute approximate surface area is 153 Å². The first-order valence-corrected chi connectivity index (χ1v) is 7.77. The highest BCUT2D eigenvalue weighted by atomic mass is 16.6. The lowest BCUT2D eigenvalue weighted by atomic mass is 10.0. The molecular weight excluding hydrogens is 356 g/mol. The summed E-state index contributed by atoms with van der Waals surface area (Å²) in [5.74, 6) is -2.71. The third kappa shape index (κ3) is 4.88. The lowest BCUT2D eigenvalue weighted by Gasteiger charge is -2.15. The molecule has 0 bridgehead atoms. The zero-order valence-corrected chi connectivity index (χ0v) is 14.2. The first kappa shape index (κ1) is 19.6. The standard InChI is InChI=1S/C18H16N2O7/c1-27-18(24)13-7-4-6-12(9-13)16(21)19-14(17(22)23)10-11-5-2-3-8-15(11)20(25)26/h2-9,14H,10H2,1H3,(H,19,21)(H,22,23)/t14-/m0/s1. The number of hydrogen-bond acceptors (Lipinski definition) is 6. The SMILES string of the molecule is COC(=O)c1cccc(C(=O)N[C@@H](Cc2ccccc2[N+](=O)[O-])C(=O)O)c1. The summed E-state index contributed by atoms with van der Waals surface area (Å²) in [6.07, 6.45) is -0.269. The normalized spacial score (nSPS) is 11.3. The van der Waals surface area contributed by atoms with Gasteiger partial charge in [-0.15, -0.1) is 0 Å². The van der Waals surface area contributed by atoms with Gasteiger partial charge >= 0.3 is 11.9 Å². The summed E-state index contributed by atoms with van der Waals surface area (Å²) < 4.78 is 4.58. The molecular formula is C18H16N2O7. The van der Waals surface area contributed by atoms with Crippen molar-refractivity contribution in [1.82, 2.24) is 5.32 Å². The second-order valence-corrected chi connectivity index (χ2v) is 5.53. The minimum absolute atomic E-state index is 0.0618. The molecule has 2 aromatic rings. The lowest BCUT2D eigenvalue weighted by molar-refractivity contribution is -0.385. The van der Waals surface area contributed by atoms with Gasteiger partial charge in [-0.05, 0) is 18.2 Å². The van der Waals surface area contributed by atoms with Crippen LogP contribution in [0.4, 0.5) is 5.69 Å². The van der Waals surface area contributed by atoms with Gasteiger partial charge in [-0.1, -0.05) is 24.3 Å². The topological polar surface area (TPSA) is 136 Å². The van der Waals surface area contributed by atoms with Crippen LogP contribution in [0.25, 0.3) is 0 Å². The van der Waals surface area contributed by atoms with Crippen LogP contribution in [0.3, 0.4) is 0 Å². The molecule has 0 heterocycles. The van der Waals surface area contributed by atoms with Crippen LogP contribution in [0.5, 0.6) is 0 Å². The molecule has 0 saturated carbocycles. The number of amides is 1. The molecule has 0 aliphatic heterocycles. The molecule has 0 spiro atoms. The number of benzene rings is 2. The third-order valence-corrected chi connectivity index (χ3v) is 3.76. The summed E-state index contributed by atoms with van der Waals surface area (Å²) in [5.41, 5.74) is 0.145. The number of nitrogens with one attached hydrogen (secondary N) is 1. The van der Waals surface area contributed by atoms with Crippen LogP contribution >= 0.6 is 0 Å². The minimum atomic E-state index is -1.39. The molecule has 0 aliphatic carbocycles. The number of nitrogens with zero attached hydrogens (tertiary/aromatic N) is 1. The maximum absolute atomic E-state index is 12.4. The Morgan fingerprint density at radius 3 is 2.44 bits per heavy atom. The predicted octanol–water partition coefficient (Wildman–Crippen LogP) is 1.81. The van der Waals surface area contributed by atoms with Crippen molar-refractivity contribution in [2.45, 2.75) is 12.5 Å². The van der Waals surface area contributed by atoms with E-state index in [-0.39, 0.29) is 28.8 Å². The summed E-state index contributed by atoms with van der Waals surface area (Å²) in [4.78, 5) is 45.9. The third-order valence-electron chi connectivity index (χ3n) is 3.76. The smallest absolute Gasteiger partial charge is 0.337 e. The maximum Gasteiger partial charge on any atom is 0.337 e. The van der Waals surface area contributed by atoms with E-state index in [1.54, 1.807) is 6.07 Å². The van der Waals surface area contributed by atoms with Gasteiger partial charge < -0.3 is 15.2 Å². The van der Waals surface area contributed by atoms with Crippen LogP contribution in [0, 0.1) is 10.1 Å². The number of methoxy groups -OCH3 is 1. The molecule has 0 aromatic heterocycles. The van der Waals surface area contributed by atoms with E-state index in [1.165, 1.54) is 49.6 Å². The Kier molecular flexibility index (Phi) is 6.21. The van der Waals surface area contributed by atoms with Gasteiger partial charge in [-0.25, -0.2) is 9.59 Å². The molecule has 1 amide bonds. The van der Waals surface area contributed by atoms with Crippen molar-refractivity contribution < 1.29 is 29.2 Å². The fourth-order valence-electron chi connectivity index (χ4n) is 2.43. The Balaban J connectivity index is 2.22. The zero-order chi connectivity index (χ0) is 20.0. The van der Waals surface area contributed by atoms with E-state index >= 15 is 0 Å². The van der Waals surface area contributed by atoms with E-state index in [9.17, 15) is 29.6 Å². The molecule has 9 heteroatoms. The van der Waals surface area contributed by atoms with Crippen molar-refractivity contribution in [1.29, 1.82) is 0 Å². The van der Waals surface area contributed by atoms with Crippen molar-refractivity contribution in [3.63, 3.8) is 0 Å². The van der Waals surface area contributed by atoms with Gasteiger partial charge in [0.05, 0.1) is 17.6 Å². The van der Waals surface area contributed by atoms with Crippen LogP contribution in [-0.2, 0) is 16.0 Å². The molecule has 9 nitrogen and oxygen atoms in total. The number of carboxylic acid groups (broad SMARTS) is 1. The van der Waals surface area contributed by atoms with Crippen LogP contribution in [0.15, 0.2) is 48.5 Å². The van der Waals surface area contributed by atoms with E-state index < -0.39 is 28.8 Å². The summed E-state index contributed by atoms with van der Waals surface area (Å²) in [6, 6.07) is 9.89. The van der Waals surface area contributed by atoms with Gasteiger partial charge in [0.2, 0.25) is 0 Å². The molecule has 2 aromatic carbocycles. The zero-order valence-electron chi connectivity index (χ0n) is 14.2. The fourth-order valence-corrected chi connectivity index (χ4v) is 2.43. The van der Waals surface area contributed by atoms with Crippen molar-refractivity contribution >= 4 is 23.5 Å². The van der Waals surface area contributed by atoms with Crippen molar-refractivity contribution in [2.24, 2.45) is 0 Å². The van der Waals surface area contributed by atoms with Gasteiger partial charge in [-0.2, -0.15) is 0 Å². The van der Waals surface area contributed by atoms with Gasteiger partial charge in [0.25, 0.3) is 11.6 Å². The van der Waals surface area contributed by atoms with E-state index in [1.807, 2.05) is 0 Å². The average molecular weight is 372 g/mol. The van der Waals surface area contributed by atoms with E-state index in [4.69, 9.17) is 0 Å². The molecule has 0 fully saturated rings. The molecule has 0 saturated heterocycles. The van der Waals surface area contributed by atoms with Gasteiger partial charge in [0.15, 0.2) is 0 Å². The number of carbonyl (C=O) groups excluding carboxylic acids is 2. The van der Waals surface area contributed by atoms with Crippen LogP contribution in [0.1, 0.15) is 26.3 Å². The predicted molar refractivity (Wildman–Crippen MR) is 93.5 cm³/mol. The van der Waals surface area contributed by atoms with E-state index in [2.05, 4.69) is 10.1 Å². The monoisotopic (exact) mass is 372 g/mol. The largest absolute Gasteiger partial charge is 0.480 e. The molecule has 2 rings (SSSR count). The molecule has 0 radical (unpaired) electrons. The van der Waals surface area contributed by atoms with Crippen molar-refractivity contribution in [3.8, 4) is 0 Å². The highest BCUT2D eigenvalue weighted by molar-refractivity contribution is 5.99. The first-order valence-electron chi connectivity index (χ1n) is 7.77. The number of carbonyl (C=O) groups is 3. The Hall–Kier alpha value is -3.75. The molecule has 2 N–H and O–H groups in total. The summed E-state index contributed by atoms with van der Waals surface area (Å²) in [7, 11) is 1.20. The number of aliphatic carboxylic acids is 1. The van der Waals surface area contributed by atoms with Gasteiger partial charge in [-0.3, -0.25) is 14.9 Å². The number of esters is 1. The molecule has 1 atom stereocenters. The van der Waals surface area contributed by atoms with E-state index in [0.29, 0.717) is 0 Å². The number of ether oxygens (including phenoxy) is 1. The number of nitro benzene ring substituents is 1. The summed E-state index contributed by atoms with van der Waals surface area (Å²) in [5, 5.41) is 22.8. The lowest BCUT2D eigenvalue weighted by Crippen LogP contribution is -2.42. The van der Waals surface area contributed by atoms with Crippen molar-refractivity contribution in [3.05, 3.63) is 75.3 Å². The molecule has 27 heavy (non-hydrogen) atoms. The quantitative estimate of drug-likeness (QED) is 0.430. The van der Waals surface area contributed by atoms with Gasteiger partial charge in [0, 0.05) is 23.6 Å². The summed E-state index contributed by atoms with van der Waals surface area (Å²) >= 11 is 0. The number of nitro groups is 1. The Bertz CT molecular complexity index is 895.